The third kappa shape index (κ3) is 4.20. The monoisotopic (exact) mass is 459 g/mol. The molecule has 18 heteroatoms. The van der Waals surface area contributed by atoms with Gasteiger partial charge in [0, 0.05) is 0 Å². The molecule has 0 aliphatic carbocycles. The Labute approximate surface area is 142 Å². The zero-order valence-electron chi connectivity index (χ0n) is 12.8. The molecular formula is C9H10F13NO3S. The summed E-state index contributed by atoms with van der Waals surface area (Å²) in [6.45, 7) is -3.79. The molecule has 0 aromatic rings. The average Bonchev–Trinajstić information content (AvgIpc) is 2.45. The molecule has 4 nitrogen and oxygen atoms in total. The third-order valence-electron chi connectivity index (χ3n) is 2.50. The van der Waals surface area contributed by atoms with Crippen LogP contribution in [0.2, 0.25) is 0 Å². The van der Waals surface area contributed by atoms with Crippen LogP contribution in [0.5, 0.6) is 0 Å². The maximum absolute atomic E-state index is 12.9. The largest absolute Gasteiger partial charge is 0.438 e. The van der Waals surface area contributed by atoms with Gasteiger partial charge in [-0.2, -0.15) is 61.1 Å². The van der Waals surface area contributed by atoms with Crippen LogP contribution in [0.25, 0.3) is 0 Å². The lowest BCUT2D eigenvalue weighted by atomic mass is 9.95. The number of hydrogen-bond donors (Lipinski definition) is 2. The van der Waals surface area contributed by atoms with Crippen LogP contribution in [0.15, 0.2) is 0 Å². The highest BCUT2D eigenvalue weighted by Gasteiger charge is 2.92. The topological polar surface area (TPSA) is 66.4 Å². The van der Waals surface area contributed by atoms with E-state index in [0.717, 1.165) is 0 Å². The summed E-state index contributed by atoms with van der Waals surface area (Å²) in [6.07, 6.45) is 0. The van der Waals surface area contributed by atoms with Gasteiger partial charge in [0.05, 0.1) is 0 Å². The first kappa shape index (κ1) is 28.2. The van der Waals surface area contributed by atoms with Crippen LogP contribution in [-0.4, -0.2) is 68.6 Å². The van der Waals surface area contributed by atoms with Gasteiger partial charge in [-0.1, -0.05) is 0 Å². The van der Waals surface area contributed by atoms with Crippen molar-refractivity contribution < 1.29 is 70.0 Å². The Morgan fingerprint density at radius 3 is 1.19 bits per heavy atom. The second-order valence-electron chi connectivity index (χ2n) is 4.63. The molecule has 0 unspecified atom stereocenters. The fourth-order valence-electron chi connectivity index (χ4n) is 1.05. The Morgan fingerprint density at radius 2 is 0.963 bits per heavy atom. The Morgan fingerprint density at radius 1 is 0.704 bits per heavy atom. The first-order valence-corrected chi connectivity index (χ1v) is 7.30. The molecule has 0 bridgehead atoms. The number of halogens is 13. The number of nitrogens with one attached hydrogen (secondary N) is 1. The smallest absolute Gasteiger partial charge is 0.323 e. The molecule has 0 aromatic carbocycles. The van der Waals surface area contributed by atoms with E-state index in [-0.39, 0.29) is 0 Å². The maximum atomic E-state index is 12.9. The van der Waals surface area contributed by atoms with Gasteiger partial charge in [0.1, 0.15) is 0 Å². The Bertz CT molecular complexity index is 604. The summed E-state index contributed by atoms with van der Waals surface area (Å²) >= 11 is 0. The van der Waals surface area contributed by atoms with Crippen molar-refractivity contribution in [2.24, 2.45) is 0 Å². The molecule has 27 heavy (non-hydrogen) atoms. The van der Waals surface area contributed by atoms with Gasteiger partial charge < -0.3 is 5.32 Å². The van der Waals surface area contributed by atoms with E-state index in [1.807, 2.05) is 14.1 Å². The summed E-state index contributed by atoms with van der Waals surface area (Å²) in [6, 6.07) is 0. The van der Waals surface area contributed by atoms with Crippen LogP contribution < -0.4 is 5.32 Å². The fourth-order valence-corrected chi connectivity index (χ4v) is 1.50. The van der Waals surface area contributed by atoms with Crippen molar-refractivity contribution in [2.45, 2.75) is 34.9 Å². The number of alkyl halides is 13. The van der Waals surface area contributed by atoms with Crippen molar-refractivity contribution in [2.75, 3.05) is 20.8 Å². The zero-order chi connectivity index (χ0) is 22.9. The highest BCUT2D eigenvalue weighted by Crippen LogP contribution is 2.60. The normalized spacial score (nSPS) is 15.3. The lowest BCUT2D eigenvalue weighted by molar-refractivity contribution is -0.417. The van der Waals surface area contributed by atoms with E-state index in [2.05, 4.69) is 5.32 Å². The molecule has 0 aliphatic rings. The van der Waals surface area contributed by atoms with Crippen molar-refractivity contribution in [3.8, 4) is 0 Å². The second-order valence-corrected chi connectivity index (χ2v) is 6.09. The second kappa shape index (κ2) is 7.76. The Hall–Kier alpha value is -1.04. The summed E-state index contributed by atoms with van der Waals surface area (Å²) in [5.74, 6) is -38.6. The molecule has 0 spiro atoms. The number of hydrogen-bond acceptors (Lipinski definition) is 3. The zero-order valence-corrected chi connectivity index (χ0v) is 13.6. The van der Waals surface area contributed by atoms with Gasteiger partial charge in [0.25, 0.3) is 0 Å². The van der Waals surface area contributed by atoms with Crippen molar-refractivity contribution in [1.29, 1.82) is 0 Å². The van der Waals surface area contributed by atoms with Gasteiger partial charge in [-0.15, -0.1) is 0 Å². The van der Waals surface area contributed by atoms with Crippen molar-refractivity contribution in [1.82, 2.24) is 5.32 Å². The molecule has 0 rings (SSSR count). The van der Waals surface area contributed by atoms with E-state index in [4.69, 9.17) is 4.55 Å². The van der Waals surface area contributed by atoms with Gasteiger partial charge in [0.2, 0.25) is 0 Å². The van der Waals surface area contributed by atoms with E-state index in [1.54, 1.807) is 0 Å². The molecule has 0 saturated heterocycles. The van der Waals surface area contributed by atoms with Crippen molar-refractivity contribution in [3.63, 3.8) is 0 Å². The standard InChI is InChI=1S/C7H3F13O3S.C2H7N/c8-1-2(9,10)3(11,12)4(13,14)5(15,16)6(17,18)7(19,20)24(21,22)23;1-3-2/h1H2,(H,21,22,23);3H,1-2H3. The molecule has 0 saturated carbocycles. The third-order valence-corrected chi connectivity index (χ3v) is 3.40. The lowest BCUT2D eigenvalue weighted by Gasteiger charge is -2.39. The van der Waals surface area contributed by atoms with Gasteiger partial charge >= 0.3 is 45.0 Å². The van der Waals surface area contributed by atoms with Crippen molar-refractivity contribution >= 4 is 10.1 Å². The van der Waals surface area contributed by atoms with E-state index in [9.17, 15) is 65.5 Å². The van der Waals surface area contributed by atoms with Crippen LogP contribution in [0.3, 0.4) is 0 Å². The Kier molecular flexibility index (Phi) is 8.10. The van der Waals surface area contributed by atoms with E-state index in [1.165, 1.54) is 0 Å². The summed E-state index contributed by atoms with van der Waals surface area (Å²) in [5, 5.41) is -4.74. The molecule has 0 aliphatic heterocycles. The first-order chi connectivity index (χ1) is 11.5. The highest BCUT2D eigenvalue weighted by atomic mass is 32.2. The molecule has 0 radical (unpaired) electrons. The molecule has 0 fully saturated rings. The van der Waals surface area contributed by atoms with E-state index in [0.29, 0.717) is 0 Å². The Balaban J connectivity index is 0. The predicted molar refractivity (Wildman–Crippen MR) is 62.2 cm³/mol. The average molecular weight is 459 g/mol. The summed E-state index contributed by atoms with van der Waals surface area (Å²) in [7, 11) is -3.84. The fraction of sp³-hybridized carbons (Fsp3) is 1.00. The maximum Gasteiger partial charge on any atom is 0.438 e. The van der Waals surface area contributed by atoms with Crippen LogP contribution in [0, 0.1) is 0 Å². The molecule has 166 valence electrons. The van der Waals surface area contributed by atoms with E-state index >= 15 is 0 Å². The minimum absolute atomic E-state index is 1.88. The highest BCUT2D eigenvalue weighted by molar-refractivity contribution is 7.87. The van der Waals surface area contributed by atoms with E-state index < -0.39 is 51.7 Å². The molecule has 0 heterocycles. The summed E-state index contributed by atoms with van der Waals surface area (Å²) in [5.41, 5.74) is 0. The molecule has 2 N–H and O–H groups in total. The van der Waals surface area contributed by atoms with Gasteiger partial charge in [-0.3, -0.25) is 4.55 Å². The predicted octanol–water partition coefficient (Wildman–Crippen LogP) is 3.45. The molecule has 0 amide bonds. The number of rotatable bonds is 7. The van der Waals surface area contributed by atoms with Crippen LogP contribution in [-0.2, 0) is 10.1 Å². The molecule has 0 aromatic heterocycles. The minimum Gasteiger partial charge on any atom is -0.323 e. The van der Waals surface area contributed by atoms with Gasteiger partial charge in [-0.05, 0) is 14.1 Å². The van der Waals surface area contributed by atoms with Crippen molar-refractivity contribution in [3.05, 3.63) is 0 Å². The first-order valence-electron chi connectivity index (χ1n) is 5.86. The summed E-state index contributed by atoms with van der Waals surface area (Å²) in [4.78, 5) is 0. The van der Waals surface area contributed by atoms with Gasteiger partial charge in [-0.25, -0.2) is 4.39 Å². The quantitative estimate of drug-likeness (QED) is 0.453. The van der Waals surface area contributed by atoms with Crippen LogP contribution >= 0.6 is 0 Å². The lowest BCUT2D eigenvalue weighted by Crippen LogP contribution is -2.71. The minimum atomic E-state index is -8.18. The SMILES string of the molecule is CNC.O=S(=O)(O)C(F)(F)C(F)(F)C(F)(F)C(F)(F)C(F)(F)C(F)(F)CF. The van der Waals surface area contributed by atoms with Crippen LogP contribution in [0.1, 0.15) is 0 Å². The molecular weight excluding hydrogens is 449 g/mol. The van der Waals surface area contributed by atoms with Crippen LogP contribution in [0.4, 0.5) is 57.1 Å². The summed E-state index contributed by atoms with van der Waals surface area (Å²) < 4.78 is 191. The molecule has 0 atom stereocenters. The van der Waals surface area contributed by atoms with Gasteiger partial charge in [0.15, 0.2) is 6.67 Å².